The van der Waals surface area contributed by atoms with Gasteiger partial charge in [-0.1, -0.05) is 17.7 Å². The lowest BCUT2D eigenvalue weighted by Gasteiger charge is -2.23. The van der Waals surface area contributed by atoms with Crippen molar-refractivity contribution >= 4 is 5.78 Å². The van der Waals surface area contributed by atoms with E-state index in [1.165, 1.54) is 35.1 Å². The van der Waals surface area contributed by atoms with Gasteiger partial charge in [0, 0.05) is 12.3 Å². The zero-order valence-electron chi connectivity index (χ0n) is 12.9. The lowest BCUT2D eigenvalue weighted by atomic mass is 9.88. The van der Waals surface area contributed by atoms with Crippen molar-refractivity contribution in [3.63, 3.8) is 0 Å². The van der Waals surface area contributed by atoms with Gasteiger partial charge in [-0.3, -0.25) is 4.79 Å². The van der Waals surface area contributed by atoms with Gasteiger partial charge in [0.2, 0.25) is 0 Å². The highest BCUT2D eigenvalue weighted by Crippen LogP contribution is 2.59. The summed E-state index contributed by atoms with van der Waals surface area (Å²) in [5.41, 5.74) is 5.47. The van der Waals surface area contributed by atoms with E-state index in [1.807, 2.05) is 0 Å². The van der Waals surface area contributed by atoms with Crippen molar-refractivity contribution in [2.45, 2.75) is 46.5 Å². The second-order valence-electron chi connectivity index (χ2n) is 6.89. The molecule has 1 unspecified atom stereocenters. The fourth-order valence-electron chi connectivity index (χ4n) is 4.07. The smallest absolute Gasteiger partial charge is 0.140 e. The van der Waals surface area contributed by atoms with Gasteiger partial charge in [-0.25, -0.2) is 0 Å². The molecule has 3 rings (SSSR count). The molecule has 1 N–H and O–H groups in total. The van der Waals surface area contributed by atoms with Gasteiger partial charge in [-0.2, -0.15) is 0 Å². The Hall–Kier alpha value is -1.15. The molecular weight excluding hydrogens is 246 g/mol. The van der Waals surface area contributed by atoms with Crippen LogP contribution in [0, 0.1) is 32.1 Å². The van der Waals surface area contributed by atoms with E-state index in [2.05, 4.69) is 38.2 Å². The molecule has 1 heterocycles. The average Bonchev–Trinajstić information content (AvgIpc) is 3.08. The number of rotatable bonds is 3. The molecule has 0 radical (unpaired) electrons. The van der Waals surface area contributed by atoms with E-state index in [9.17, 15) is 4.79 Å². The van der Waals surface area contributed by atoms with Gasteiger partial charge in [0.05, 0.1) is 0 Å². The molecule has 108 valence electrons. The van der Waals surface area contributed by atoms with Crippen LogP contribution in [0.3, 0.4) is 0 Å². The van der Waals surface area contributed by atoms with Crippen molar-refractivity contribution in [1.82, 2.24) is 5.32 Å². The van der Waals surface area contributed by atoms with Crippen LogP contribution in [-0.4, -0.2) is 18.9 Å². The summed E-state index contributed by atoms with van der Waals surface area (Å²) in [7, 11) is 0. The van der Waals surface area contributed by atoms with Gasteiger partial charge in [-0.05, 0) is 75.2 Å². The van der Waals surface area contributed by atoms with Crippen LogP contribution in [0.2, 0.25) is 0 Å². The van der Waals surface area contributed by atoms with E-state index < -0.39 is 0 Å². The maximum absolute atomic E-state index is 12.6. The highest BCUT2D eigenvalue weighted by molar-refractivity contribution is 5.87. The second kappa shape index (κ2) is 5.00. The number of ketones is 1. The SMILES string of the molecule is Cc1cc(C)c(CC(=O)C2CC23CCNCC3)c(C)c1. The van der Waals surface area contributed by atoms with Crippen molar-refractivity contribution in [3.8, 4) is 0 Å². The number of hydrogen-bond donors (Lipinski definition) is 1. The van der Waals surface area contributed by atoms with Gasteiger partial charge < -0.3 is 5.32 Å². The molecule has 1 aliphatic carbocycles. The minimum atomic E-state index is 0.338. The summed E-state index contributed by atoms with van der Waals surface area (Å²) in [5.74, 6) is 0.812. The Morgan fingerprint density at radius 3 is 2.40 bits per heavy atom. The highest BCUT2D eigenvalue weighted by Gasteiger charge is 2.56. The summed E-state index contributed by atoms with van der Waals surface area (Å²) in [6, 6.07) is 4.39. The molecule has 1 spiro atoms. The van der Waals surface area contributed by atoms with E-state index >= 15 is 0 Å². The largest absolute Gasteiger partial charge is 0.317 e. The molecular formula is C18H25NO. The molecule has 1 saturated heterocycles. The molecule has 1 aliphatic heterocycles. The third-order valence-corrected chi connectivity index (χ3v) is 5.37. The lowest BCUT2D eigenvalue weighted by molar-refractivity contribution is -0.120. The number of Topliss-reactive ketones (excluding diaryl/α,β-unsaturated/α-hetero) is 1. The molecule has 1 atom stereocenters. The van der Waals surface area contributed by atoms with Gasteiger partial charge in [0.1, 0.15) is 5.78 Å². The molecule has 1 saturated carbocycles. The molecule has 0 bridgehead atoms. The molecule has 2 aliphatic rings. The monoisotopic (exact) mass is 271 g/mol. The summed E-state index contributed by atoms with van der Waals surface area (Å²) in [4.78, 5) is 12.6. The quantitative estimate of drug-likeness (QED) is 0.915. The minimum absolute atomic E-state index is 0.338. The molecule has 2 nitrogen and oxygen atoms in total. The van der Waals surface area contributed by atoms with Crippen LogP contribution in [0.5, 0.6) is 0 Å². The Bertz CT molecular complexity index is 517. The number of hydrogen-bond acceptors (Lipinski definition) is 2. The maximum atomic E-state index is 12.6. The summed E-state index contributed by atoms with van der Waals surface area (Å²) in [5, 5.41) is 3.40. The van der Waals surface area contributed by atoms with Crippen LogP contribution in [0.1, 0.15) is 41.5 Å². The highest BCUT2D eigenvalue weighted by atomic mass is 16.1. The molecule has 1 aromatic rings. The Morgan fingerprint density at radius 2 is 1.80 bits per heavy atom. The number of carbonyl (C=O) groups excluding carboxylic acids is 1. The number of benzene rings is 1. The lowest BCUT2D eigenvalue weighted by Crippen LogP contribution is -2.31. The van der Waals surface area contributed by atoms with Crippen molar-refractivity contribution in [2.75, 3.05) is 13.1 Å². The van der Waals surface area contributed by atoms with E-state index in [0.29, 0.717) is 23.5 Å². The first-order valence-electron chi connectivity index (χ1n) is 7.82. The van der Waals surface area contributed by atoms with Gasteiger partial charge in [0.15, 0.2) is 0 Å². The van der Waals surface area contributed by atoms with Gasteiger partial charge in [0.25, 0.3) is 0 Å². The first kappa shape index (κ1) is 13.8. The van der Waals surface area contributed by atoms with E-state index in [0.717, 1.165) is 19.5 Å². The number of piperidine rings is 1. The molecule has 2 heteroatoms. The fourth-order valence-corrected chi connectivity index (χ4v) is 4.07. The van der Waals surface area contributed by atoms with Gasteiger partial charge >= 0.3 is 0 Å². The molecule has 0 aromatic heterocycles. The minimum Gasteiger partial charge on any atom is -0.317 e. The Morgan fingerprint density at radius 1 is 1.20 bits per heavy atom. The van der Waals surface area contributed by atoms with Crippen molar-refractivity contribution < 1.29 is 4.79 Å². The summed E-state index contributed by atoms with van der Waals surface area (Å²) >= 11 is 0. The standard InChI is InChI=1S/C18H25NO/c1-12-8-13(2)15(14(3)9-12)10-17(20)16-11-18(16)4-6-19-7-5-18/h8-9,16,19H,4-7,10-11H2,1-3H3. The Kier molecular flexibility index (Phi) is 3.45. The first-order chi connectivity index (χ1) is 9.52. The molecule has 1 aromatic carbocycles. The van der Waals surface area contributed by atoms with Crippen LogP contribution in [-0.2, 0) is 11.2 Å². The topological polar surface area (TPSA) is 29.1 Å². The second-order valence-corrected chi connectivity index (χ2v) is 6.89. The van der Waals surface area contributed by atoms with Crippen molar-refractivity contribution in [2.24, 2.45) is 11.3 Å². The van der Waals surface area contributed by atoms with Crippen LogP contribution in [0.4, 0.5) is 0 Å². The third-order valence-electron chi connectivity index (χ3n) is 5.37. The predicted molar refractivity (Wildman–Crippen MR) is 82.0 cm³/mol. The zero-order valence-corrected chi connectivity index (χ0v) is 12.9. The van der Waals surface area contributed by atoms with E-state index in [-0.39, 0.29) is 0 Å². The summed E-state index contributed by atoms with van der Waals surface area (Å²) in [6.07, 6.45) is 4.15. The number of nitrogens with one attached hydrogen (secondary N) is 1. The van der Waals surface area contributed by atoms with E-state index in [1.54, 1.807) is 0 Å². The van der Waals surface area contributed by atoms with Crippen molar-refractivity contribution in [1.29, 1.82) is 0 Å². The zero-order chi connectivity index (χ0) is 14.3. The molecule has 2 fully saturated rings. The maximum Gasteiger partial charge on any atom is 0.140 e. The van der Waals surface area contributed by atoms with Crippen LogP contribution in [0.25, 0.3) is 0 Å². The number of carbonyl (C=O) groups is 1. The van der Waals surface area contributed by atoms with Crippen LogP contribution < -0.4 is 5.32 Å². The first-order valence-corrected chi connectivity index (χ1v) is 7.82. The average molecular weight is 271 g/mol. The normalized spacial score (nSPS) is 23.9. The molecule has 20 heavy (non-hydrogen) atoms. The fraction of sp³-hybridized carbons (Fsp3) is 0.611. The predicted octanol–water partition coefficient (Wildman–Crippen LogP) is 3.11. The summed E-state index contributed by atoms with van der Waals surface area (Å²) < 4.78 is 0. The van der Waals surface area contributed by atoms with Crippen LogP contribution >= 0.6 is 0 Å². The van der Waals surface area contributed by atoms with E-state index in [4.69, 9.17) is 0 Å². The Labute approximate surface area is 122 Å². The summed E-state index contributed by atoms with van der Waals surface area (Å²) in [6.45, 7) is 8.57. The number of aryl methyl sites for hydroxylation is 3. The molecule has 0 amide bonds. The van der Waals surface area contributed by atoms with Crippen LogP contribution in [0.15, 0.2) is 12.1 Å². The Balaban J connectivity index is 1.72. The van der Waals surface area contributed by atoms with Crippen molar-refractivity contribution in [3.05, 3.63) is 34.4 Å². The third kappa shape index (κ3) is 2.42. The van der Waals surface area contributed by atoms with Gasteiger partial charge in [-0.15, -0.1) is 0 Å².